The molecule has 192 valence electrons. The van der Waals surface area contributed by atoms with Gasteiger partial charge in [-0.1, -0.05) is 71.7 Å². The summed E-state index contributed by atoms with van der Waals surface area (Å²) in [5, 5.41) is 4.21. The minimum Gasteiger partial charge on any atom is -0.477 e. The van der Waals surface area contributed by atoms with E-state index in [1.807, 2.05) is 66.7 Å². The van der Waals surface area contributed by atoms with Crippen molar-refractivity contribution in [2.24, 2.45) is 5.92 Å². The third-order valence-corrected chi connectivity index (χ3v) is 7.65. The SMILES string of the molecule is O=C(NCc1ccccc1)C1CN(C(=O)C2CCCN(Cc3c(Cl)cccc3Cl)C2)c2ccccc2O1. The summed E-state index contributed by atoms with van der Waals surface area (Å²) in [4.78, 5) is 30.8. The van der Waals surface area contributed by atoms with Gasteiger partial charge < -0.3 is 15.0 Å². The van der Waals surface area contributed by atoms with Crippen LogP contribution in [-0.4, -0.2) is 42.5 Å². The van der Waals surface area contributed by atoms with E-state index < -0.39 is 6.10 Å². The fraction of sp³-hybridized carbons (Fsp3) is 0.310. The highest BCUT2D eigenvalue weighted by Gasteiger charge is 2.37. The van der Waals surface area contributed by atoms with E-state index in [2.05, 4.69) is 10.2 Å². The molecule has 1 N–H and O–H groups in total. The second kappa shape index (κ2) is 11.5. The van der Waals surface area contributed by atoms with Gasteiger partial charge in [0.15, 0.2) is 6.10 Å². The van der Waals surface area contributed by atoms with Gasteiger partial charge in [-0.25, -0.2) is 0 Å². The van der Waals surface area contributed by atoms with E-state index >= 15 is 0 Å². The Balaban J connectivity index is 1.29. The summed E-state index contributed by atoms with van der Waals surface area (Å²) >= 11 is 12.8. The van der Waals surface area contributed by atoms with Crippen LogP contribution in [0.2, 0.25) is 10.0 Å². The lowest BCUT2D eigenvalue weighted by molar-refractivity contribution is -0.129. The monoisotopic (exact) mass is 537 g/mol. The molecule has 3 aromatic rings. The molecule has 2 aliphatic rings. The average Bonchev–Trinajstić information content (AvgIpc) is 2.93. The Hall–Kier alpha value is -3.06. The molecule has 2 aliphatic heterocycles. The maximum Gasteiger partial charge on any atom is 0.263 e. The highest BCUT2D eigenvalue weighted by atomic mass is 35.5. The number of hydrogen-bond donors (Lipinski definition) is 1. The van der Waals surface area contributed by atoms with Crippen LogP contribution in [0, 0.1) is 5.92 Å². The summed E-state index contributed by atoms with van der Waals surface area (Å²) in [5.74, 6) is 0.105. The predicted molar refractivity (Wildman–Crippen MR) is 146 cm³/mol. The Labute approximate surface area is 227 Å². The number of benzene rings is 3. The quantitative estimate of drug-likeness (QED) is 0.462. The van der Waals surface area contributed by atoms with Gasteiger partial charge in [0, 0.05) is 35.2 Å². The first-order chi connectivity index (χ1) is 18.0. The van der Waals surface area contributed by atoms with Crippen molar-refractivity contribution in [3.63, 3.8) is 0 Å². The molecular formula is C29H29Cl2N3O3. The Morgan fingerprint density at radius 3 is 2.43 bits per heavy atom. The van der Waals surface area contributed by atoms with E-state index in [1.165, 1.54) is 0 Å². The molecule has 8 heteroatoms. The first-order valence-corrected chi connectivity index (χ1v) is 13.3. The molecule has 1 fully saturated rings. The molecular weight excluding hydrogens is 509 g/mol. The van der Waals surface area contributed by atoms with Crippen molar-refractivity contribution >= 4 is 40.7 Å². The van der Waals surface area contributed by atoms with Crippen molar-refractivity contribution in [2.45, 2.75) is 32.0 Å². The fourth-order valence-corrected chi connectivity index (χ4v) is 5.52. The number of nitrogens with zero attached hydrogens (tertiary/aromatic N) is 2. The van der Waals surface area contributed by atoms with Gasteiger partial charge in [0.05, 0.1) is 18.2 Å². The molecule has 2 unspecified atom stereocenters. The van der Waals surface area contributed by atoms with E-state index in [9.17, 15) is 9.59 Å². The molecule has 0 bridgehead atoms. The molecule has 2 atom stereocenters. The lowest BCUT2D eigenvalue weighted by Crippen LogP contribution is -2.53. The summed E-state index contributed by atoms with van der Waals surface area (Å²) in [7, 11) is 0. The van der Waals surface area contributed by atoms with E-state index in [1.54, 1.807) is 11.0 Å². The molecule has 3 aromatic carbocycles. The average molecular weight is 538 g/mol. The van der Waals surface area contributed by atoms with Crippen molar-refractivity contribution in [3.8, 4) is 5.75 Å². The highest BCUT2D eigenvalue weighted by Crippen LogP contribution is 2.35. The molecule has 0 saturated carbocycles. The smallest absolute Gasteiger partial charge is 0.263 e. The second-order valence-corrected chi connectivity index (χ2v) is 10.3. The number of carbonyl (C=O) groups excluding carboxylic acids is 2. The number of anilines is 1. The number of piperidine rings is 1. The number of rotatable bonds is 6. The number of ether oxygens (including phenoxy) is 1. The van der Waals surface area contributed by atoms with Gasteiger partial charge in [-0.2, -0.15) is 0 Å². The van der Waals surface area contributed by atoms with E-state index in [-0.39, 0.29) is 24.3 Å². The lowest BCUT2D eigenvalue weighted by Gasteiger charge is -2.38. The Morgan fingerprint density at radius 2 is 1.65 bits per heavy atom. The molecule has 37 heavy (non-hydrogen) atoms. The zero-order valence-electron chi connectivity index (χ0n) is 20.4. The summed E-state index contributed by atoms with van der Waals surface area (Å²) < 4.78 is 6.03. The Morgan fingerprint density at radius 1 is 0.919 bits per heavy atom. The number of halogens is 2. The van der Waals surface area contributed by atoms with E-state index in [0.29, 0.717) is 41.1 Å². The van der Waals surface area contributed by atoms with Crippen LogP contribution in [0.4, 0.5) is 5.69 Å². The normalized spacial score (nSPS) is 19.6. The van der Waals surface area contributed by atoms with E-state index in [0.717, 1.165) is 30.5 Å². The van der Waals surface area contributed by atoms with Gasteiger partial charge in [-0.15, -0.1) is 0 Å². The molecule has 2 heterocycles. The summed E-state index contributed by atoms with van der Waals surface area (Å²) in [6.45, 7) is 2.63. The van der Waals surface area contributed by atoms with Crippen LogP contribution in [0.25, 0.3) is 0 Å². The molecule has 0 radical (unpaired) electrons. The molecule has 0 aromatic heterocycles. The van der Waals surface area contributed by atoms with Gasteiger partial charge in [-0.05, 0) is 49.2 Å². The number of para-hydroxylation sites is 2. The second-order valence-electron chi connectivity index (χ2n) is 9.50. The first-order valence-electron chi connectivity index (χ1n) is 12.5. The fourth-order valence-electron chi connectivity index (χ4n) is 5.01. The maximum atomic E-state index is 13.9. The van der Waals surface area contributed by atoms with Crippen molar-refractivity contribution < 1.29 is 14.3 Å². The highest BCUT2D eigenvalue weighted by molar-refractivity contribution is 6.35. The van der Waals surface area contributed by atoms with Gasteiger partial charge in [0.2, 0.25) is 5.91 Å². The van der Waals surface area contributed by atoms with Gasteiger partial charge in [0.25, 0.3) is 5.91 Å². The minimum atomic E-state index is -0.788. The predicted octanol–water partition coefficient (Wildman–Crippen LogP) is 5.32. The summed E-state index contributed by atoms with van der Waals surface area (Å²) in [6.07, 6.45) is 0.894. The van der Waals surface area contributed by atoms with Gasteiger partial charge in [-0.3, -0.25) is 14.5 Å². The number of fused-ring (bicyclic) bond motifs is 1. The Bertz CT molecular complexity index is 1250. The van der Waals surface area contributed by atoms with Gasteiger partial charge >= 0.3 is 0 Å². The van der Waals surface area contributed by atoms with Crippen molar-refractivity contribution in [3.05, 3.63) is 94.0 Å². The Kier molecular flexibility index (Phi) is 7.99. The largest absolute Gasteiger partial charge is 0.477 e. The zero-order valence-corrected chi connectivity index (χ0v) is 21.9. The van der Waals surface area contributed by atoms with Crippen molar-refractivity contribution in [1.29, 1.82) is 0 Å². The van der Waals surface area contributed by atoms with Crippen LogP contribution in [0.5, 0.6) is 5.75 Å². The van der Waals surface area contributed by atoms with Crippen molar-refractivity contribution in [2.75, 3.05) is 24.5 Å². The van der Waals surface area contributed by atoms with Crippen LogP contribution in [0.1, 0.15) is 24.0 Å². The number of amides is 2. The molecule has 1 saturated heterocycles. The number of carbonyl (C=O) groups is 2. The molecule has 5 rings (SSSR count). The van der Waals surface area contributed by atoms with Crippen molar-refractivity contribution in [1.82, 2.24) is 10.2 Å². The number of hydrogen-bond acceptors (Lipinski definition) is 4. The van der Waals surface area contributed by atoms with Crippen LogP contribution in [0.15, 0.2) is 72.8 Å². The molecule has 0 aliphatic carbocycles. The maximum absolute atomic E-state index is 13.9. The lowest BCUT2D eigenvalue weighted by atomic mass is 9.95. The van der Waals surface area contributed by atoms with Crippen LogP contribution in [-0.2, 0) is 22.7 Å². The summed E-state index contributed by atoms with van der Waals surface area (Å²) in [6, 6.07) is 22.6. The third-order valence-electron chi connectivity index (χ3n) is 6.94. The third kappa shape index (κ3) is 5.93. The minimum absolute atomic E-state index is 0.00608. The molecule has 6 nitrogen and oxygen atoms in total. The van der Waals surface area contributed by atoms with Crippen LogP contribution >= 0.6 is 23.2 Å². The molecule has 0 spiro atoms. The van der Waals surface area contributed by atoms with Gasteiger partial charge in [0.1, 0.15) is 5.75 Å². The number of nitrogens with one attached hydrogen (secondary N) is 1. The first kappa shape index (κ1) is 25.6. The van der Waals surface area contributed by atoms with Crippen LogP contribution in [0.3, 0.4) is 0 Å². The topological polar surface area (TPSA) is 61.9 Å². The van der Waals surface area contributed by atoms with Crippen LogP contribution < -0.4 is 15.0 Å². The standard InChI is InChI=1S/C29H29Cl2N3O3/c30-23-11-6-12-24(31)22(23)18-33-15-7-10-21(17-33)29(36)34-19-27(37-26-14-5-4-13-25(26)34)28(35)32-16-20-8-2-1-3-9-20/h1-6,8-9,11-14,21,27H,7,10,15-19H2,(H,32,35). The number of likely N-dealkylation sites (tertiary alicyclic amines) is 1. The molecule has 2 amide bonds. The zero-order chi connectivity index (χ0) is 25.8. The summed E-state index contributed by atoms with van der Waals surface area (Å²) in [5.41, 5.74) is 2.58. The van der Waals surface area contributed by atoms with E-state index in [4.69, 9.17) is 27.9 Å².